The molecule has 0 spiro atoms. The maximum atomic E-state index is 13.1. The summed E-state index contributed by atoms with van der Waals surface area (Å²) in [5, 5.41) is 6.34. The van der Waals surface area contributed by atoms with Crippen LogP contribution in [0.4, 0.5) is 9.52 Å². The van der Waals surface area contributed by atoms with Gasteiger partial charge in [0.2, 0.25) is 5.91 Å². The van der Waals surface area contributed by atoms with Crippen molar-refractivity contribution in [2.75, 3.05) is 18.9 Å². The van der Waals surface area contributed by atoms with Crippen molar-refractivity contribution in [2.24, 2.45) is 5.92 Å². The Bertz CT molecular complexity index is 614. The summed E-state index contributed by atoms with van der Waals surface area (Å²) in [6, 6.07) is 6.49. The highest BCUT2D eigenvalue weighted by Gasteiger charge is 2.13. The molecule has 2 N–H and O–H groups in total. The van der Waals surface area contributed by atoms with E-state index < -0.39 is 0 Å². The van der Waals surface area contributed by atoms with Crippen molar-refractivity contribution in [2.45, 2.75) is 13.3 Å². The van der Waals surface area contributed by atoms with Crippen LogP contribution in [0.5, 0.6) is 0 Å². The summed E-state index contributed by atoms with van der Waals surface area (Å²) in [6.07, 6.45) is 2.32. The van der Waals surface area contributed by atoms with Crippen molar-refractivity contribution in [3.05, 3.63) is 46.7 Å². The Morgan fingerprint density at radius 1 is 1.48 bits per heavy atom. The van der Waals surface area contributed by atoms with E-state index in [4.69, 9.17) is 0 Å². The molecule has 0 aliphatic rings. The van der Waals surface area contributed by atoms with Gasteiger partial charge in [-0.2, -0.15) is 0 Å². The summed E-state index contributed by atoms with van der Waals surface area (Å²) < 4.78 is 13.1. The molecule has 0 radical (unpaired) electrons. The van der Waals surface area contributed by atoms with Crippen LogP contribution in [0.3, 0.4) is 0 Å². The Morgan fingerprint density at radius 3 is 3.00 bits per heavy atom. The van der Waals surface area contributed by atoms with Crippen LogP contribution in [0, 0.1) is 11.7 Å². The molecule has 2 aromatic rings. The van der Waals surface area contributed by atoms with Crippen molar-refractivity contribution in [1.29, 1.82) is 0 Å². The third-order valence-electron chi connectivity index (χ3n) is 3.01. The maximum Gasteiger partial charge on any atom is 0.230 e. The average Bonchev–Trinajstić information content (AvgIpc) is 2.86. The predicted molar refractivity (Wildman–Crippen MR) is 83.0 cm³/mol. The van der Waals surface area contributed by atoms with Crippen molar-refractivity contribution < 1.29 is 9.18 Å². The maximum absolute atomic E-state index is 13.1. The van der Waals surface area contributed by atoms with Gasteiger partial charge in [-0.1, -0.05) is 19.1 Å². The Hall–Kier alpha value is -1.79. The average molecular weight is 307 g/mol. The summed E-state index contributed by atoms with van der Waals surface area (Å²) in [4.78, 5) is 17.1. The molecule has 4 nitrogen and oxygen atoms in total. The summed E-state index contributed by atoms with van der Waals surface area (Å²) in [6.45, 7) is 2.47. The third kappa shape index (κ3) is 4.61. The molecule has 0 bridgehead atoms. The van der Waals surface area contributed by atoms with Gasteiger partial charge in [-0.15, -0.1) is 11.3 Å². The normalized spacial score (nSPS) is 12.1. The van der Waals surface area contributed by atoms with Crippen LogP contribution < -0.4 is 10.6 Å². The van der Waals surface area contributed by atoms with Crippen LogP contribution in [0.25, 0.3) is 0 Å². The van der Waals surface area contributed by atoms with E-state index in [1.54, 1.807) is 12.3 Å². The Kier molecular flexibility index (Phi) is 5.41. The first-order chi connectivity index (χ1) is 10.1. The number of aromatic nitrogens is 1. The van der Waals surface area contributed by atoms with Gasteiger partial charge in [0.25, 0.3) is 0 Å². The minimum absolute atomic E-state index is 0.0593. The highest BCUT2D eigenvalue weighted by molar-refractivity contribution is 7.15. The van der Waals surface area contributed by atoms with Gasteiger partial charge in [-0.25, -0.2) is 9.37 Å². The molecule has 1 unspecified atom stereocenters. The molecule has 0 saturated heterocycles. The van der Waals surface area contributed by atoms with Gasteiger partial charge in [0.05, 0.1) is 0 Å². The second kappa shape index (κ2) is 7.28. The molecule has 0 aliphatic heterocycles. The number of anilines is 1. The fraction of sp³-hybridized carbons (Fsp3) is 0.333. The van der Waals surface area contributed by atoms with Crippen LogP contribution in [-0.4, -0.2) is 24.5 Å². The van der Waals surface area contributed by atoms with E-state index in [-0.39, 0.29) is 17.6 Å². The van der Waals surface area contributed by atoms with Crippen molar-refractivity contribution in [1.82, 2.24) is 10.3 Å². The minimum Gasteiger partial charge on any atom is -0.319 e. The second-order valence-corrected chi connectivity index (χ2v) is 6.00. The molecule has 1 amide bonds. The van der Waals surface area contributed by atoms with Crippen LogP contribution >= 0.6 is 11.3 Å². The van der Waals surface area contributed by atoms with Crippen LogP contribution in [0.2, 0.25) is 0 Å². The number of carbonyl (C=O) groups is 1. The first kappa shape index (κ1) is 15.6. The summed E-state index contributed by atoms with van der Waals surface area (Å²) in [7, 11) is 1.81. The molecule has 1 aromatic heterocycles. The number of rotatable bonds is 6. The number of hydrogen-bond acceptors (Lipinski definition) is 4. The molecule has 21 heavy (non-hydrogen) atoms. The van der Waals surface area contributed by atoms with Crippen molar-refractivity contribution >= 4 is 22.4 Å². The highest BCUT2D eigenvalue weighted by atomic mass is 32.1. The zero-order valence-corrected chi connectivity index (χ0v) is 12.8. The molecule has 0 fully saturated rings. The van der Waals surface area contributed by atoms with Crippen molar-refractivity contribution in [3.8, 4) is 0 Å². The second-order valence-electron chi connectivity index (χ2n) is 4.89. The number of nitrogens with one attached hydrogen (secondary N) is 2. The number of carbonyl (C=O) groups excluding carboxylic acids is 1. The number of hydrogen-bond donors (Lipinski definition) is 2. The molecule has 112 valence electrons. The molecule has 0 aliphatic carbocycles. The Balaban J connectivity index is 1.97. The fourth-order valence-corrected chi connectivity index (χ4v) is 2.77. The van der Waals surface area contributed by atoms with E-state index in [1.165, 1.54) is 23.5 Å². The van der Waals surface area contributed by atoms with E-state index >= 15 is 0 Å². The van der Waals surface area contributed by atoms with E-state index in [2.05, 4.69) is 15.6 Å². The highest BCUT2D eigenvalue weighted by Crippen LogP contribution is 2.22. The van der Waals surface area contributed by atoms with Crippen molar-refractivity contribution in [3.63, 3.8) is 0 Å². The molecule has 6 heteroatoms. The molecular formula is C15H18FN3OS. The summed E-state index contributed by atoms with van der Waals surface area (Å²) >= 11 is 1.41. The molecule has 0 saturated carbocycles. The lowest BCUT2D eigenvalue weighted by molar-refractivity contribution is -0.119. The lowest BCUT2D eigenvalue weighted by atomic mass is 10.1. The molecule has 1 atom stereocenters. The summed E-state index contributed by atoms with van der Waals surface area (Å²) in [5.41, 5.74) is 0.889. The van der Waals surface area contributed by atoms with Gasteiger partial charge in [-0.3, -0.25) is 4.79 Å². The van der Waals surface area contributed by atoms with Gasteiger partial charge in [0.1, 0.15) is 5.82 Å². The Labute approximate surface area is 127 Å². The van der Waals surface area contributed by atoms with E-state index in [1.807, 2.05) is 20.0 Å². The van der Waals surface area contributed by atoms with Crippen LogP contribution in [0.1, 0.15) is 17.4 Å². The largest absolute Gasteiger partial charge is 0.319 e. The van der Waals surface area contributed by atoms with Gasteiger partial charge in [0.15, 0.2) is 5.13 Å². The SMILES string of the molecule is CNCC(C)C(=O)Nc1ncc(Cc2cccc(F)c2)s1. The van der Waals surface area contributed by atoms with Gasteiger partial charge in [0, 0.05) is 30.0 Å². The summed E-state index contributed by atoms with van der Waals surface area (Å²) in [5.74, 6) is -0.423. The van der Waals surface area contributed by atoms with Crippen LogP contribution in [0.15, 0.2) is 30.5 Å². The number of halogens is 1. The van der Waals surface area contributed by atoms with Gasteiger partial charge < -0.3 is 10.6 Å². The molecule has 2 rings (SSSR count). The topological polar surface area (TPSA) is 54.0 Å². The van der Waals surface area contributed by atoms with Gasteiger partial charge in [-0.05, 0) is 24.7 Å². The van der Waals surface area contributed by atoms with E-state index in [9.17, 15) is 9.18 Å². The van der Waals surface area contributed by atoms with Crippen LogP contribution in [-0.2, 0) is 11.2 Å². The monoisotopic (exact) mass is 307 g/mol. The number of benzene rings is 1. The predicted octanol–water partition coefficient (Wildman–Crippen LogP) is 2.67. The lowest BCUT2D eigenvalue weighted by Crippen LogP contribution is -2.28. The quantitative estimate of drug-likeness (QED) is 0.862. The first-order valence-electron chi connectivity index (χ1n) is 6.73. The lowest BCUT2D eigenvalue weighted by Gasteiger charge is -2.09. The Morgan fingerprint density at radius 2 is 2.29 bits per heavy atom. The van der Waals surface area contributed by atoms with E-state index in [0.29, 0.717) is 18.1 Å². The number of thiazole rings is 1. The number of nitrogens with zero attached hydrogens (tertiary/aromatic N) is 1. The molecule has 1 aromatic carbocycles. The van der Waals surface area contributed by atoms with Gasteiger partial charge >= 0.3 is 0 Å². The smallest absolute Gasteiger partial charge is 0.230 e. The number of amides is 1. The van der Waals surface area contributed by atoms with E-state index in [0.717, 1.165) is 10.4 Å². The zero-order chi connectivity index (χ0) is 15.2. The fourth-order valence-electron chi connectivity index (χ4n) is 1.92. The minimum atomic E-state index is -0.244. The molecule has 1 heterocycles. The molecular weight excluding hydrogens is 289 g/mol. The first-order valence-corrected chi connectivity index (χ1v) is 7.54. The zero-order valence-electron chi connectivity index (χ0n) is 12.0. The third-order valence-corrected chi connectivity index (χ3v) is 3.92. The standard InChI is InChI=1S/C15H18FN3OS/c1-10(8-17-2)14(20)19-15-18-9-13(21-15)7-11-4-3-5-12(16)6-11/h3-6,9-10,17H,7-8H2,1-2H3,(H,18,19,20).